The maximum Gasteiger partial charge on any atom is 0.280 e. The summed E-state index contributed by atoms with van der Waals surface area (Å²) in [6.07, 6.45) is 5.80. The molecule has 0 aliphatic rings. The largest absolute Gasteiger partial charge is 0.394 e. The number of carbonyl (C=O) groups is 2. The normalized spacial score (nSPS) is 14.0. The van der Waals surface area contributed by atoms with Crippen LogP contribution in [0, 0.1) is 0 Å². The number of anilines is 3. The number of aryl methyl sites for hydroxylation is 2. The lowest BCUT2D eigenvalue weighted by atomic mass is 9.93. The summed E-state index contributed by atoms with van der Waals surface area (Å²) in [6, 6.07) is 19.3. The summed E-state index contributed by atoms with van der Waals surface area (Å²) in [5, 5.41) is 57.1. The van der Waals surface area contributed by atoms with E-state index in [-0.39, 0.29) is 53.3 Å². The molecule has 0 aliphatic carbocycles. The van der Waals surface area contributed by atoms with Gasteiger partial charge in [-0.15, -0.1) is 12.4 Å². The summed E-state index contributed by atoms with van der Waals surface area (Å²) < 4.78 is 0. The van der Waals surface area contributed by atoms with Gasteiger partial charge in [0.25, 0.3) is 5.91 Å². The zero-order valence-corrected chi connectivity index (χ0v) is 39.4. The van der Waals surface area contributed by atoms with Gasteiger partial charge in [0.2, 0.25) is 5.91 Å². The van der Waals surface area contributed by atoms with Crippen LogP contribution in [0.3, 0.4) is 0 Å². The molecule has 0 spiro atoms. The zero-order chi connectivity index (χ0) is 47.3. The number of rotatable bonds is 28. The molecule has 2 amide bonds. The molecule has 4 rings (SSSR count). The van der Waals surface area contributed by atoms with E-state index in [1.54, 1.807) is 0 Å². The summed E-state index contributed by atoms with van der Waals surface area (Å²) in [7, 11) is 0. The summed E-state index contributed by atoms with van der Waals surface area (Å²) in [5.41, 5.74) is 27.5. The third kappa shape index (κ3) is 17.8. The van der Waals surface area contributed by atoms with E-state index in [4.69, 9.17) is 39.6 Å². The number of aliphatic hydroxyl groups is 5. The second kappa shape index (κ2) is 29.2. The fourth-order valence-corrected chi connectivity index (χ4v) is 7.73. The number of hydrogen-bond donors (Lipinski definition) is 11. The zero-order valence-electron chi connectivity index (χ0n) is 37.8. The van der Waals surface area contributed by atoms with Gasteiger partial charge in [-0.2, -0.15) is 0 Å². The van der Waals surface area contributed by atoms with Crippen LogP contribution < -0.4 is 33.6 Å². The van der Waals surface area contributed by atoms with E-state index in [9.17, 15) is 30.0 Å². The van der Waals surface area contributed by atoms with Crippen molar-refractivity contribution in [3.05, 3.63) is 88.2 Å². The Balaban J connectivity index is 0.0000116. The Labute approximate surface area is 398 Å². The molecule has 0 fully saturated rings. The maximum atomic E-state index is 13.2. The fourth-order valence-electron chi connectivity index (χ4n) is 7.60. The van der Waals surface area contributed by atoms with E-state index >= 15 is 0 Å². The van der Waals surface area contributed by atoms with Gasteiger partial charge in [-0.3, -0.25) is 19.9 Å². The first-order valence-corrected chi connectivity index (χ1v) is 23.0. The van der Waals surface area contributed by atoms with E-state index < -0.39 is 43.0 Å². The summed E-state index contributed by atoms with van der Waals surface area (Å²) in [5.74, 6) is -1.30. The van der Waals surface area contributed by atoms with Crippen molar-refractivity contribution in [2.24, 2.45) is 16.5 Å². The number of benzene rings is 3. The molecular weight excluding hydrogens is 887 g/mol. The molecule has 17 nitrogen and oxygen atoms in total. The van der Waals surface area contributed by atoms with Gasteiger partial charge in [-0.1, -0.05) is 99.2 Å². The van der Waals surface area contributed by atoms with Gasteiger partial charge in [-0.05, 0) is 104 Å². The highest BCUT2D eigenvalue weighted by Gasteiger charge is 2.31. The van der Waals surface area contributed by atoms with Crippen molar-refractivity contribution in [3.63, 3.8) is 0 Å². The lowest BCUT2D eigenvalue weighted by Crippen LogP contribution is -2.50. The molecule has 364 valence electrons. The minimum atomic E-state index is -1.63. The maximum absolute atomic E-state index is 13.2. The van der Waals surface area contributed by atoms with Crippen molar-refractivity contribution in [1.82, 2.24) is 20.2 Å². The molecule has 0 aliphatic heterocycles. The molecular formula is C47H70Cl2N10O7. The Bertz CT molecular complexity index is 2130. The van der Waals surface area contributed by atoms with Crippen LogP contribution >= 0.6 is 24.0 Å². The number of halogens is 2. The van der Waals surface area contributed by atoms with Crippen LogP contribution in [0.15, 0.2) is 65.7 Å². The molecule has 0 radical (unpaired) electrons. The van der Waals surface area contributed by atoms with Gasteiger partial charge >= 0.3 is 0 Å². The number of nitrogen functional groups attached to an aromatic ring is 2. The molecule has 0 unspecified atom stereocenters. The van der Waals surface area contributed by atoms with Crippen molar-refractivity contribution in [1.29, 1.82) is 0 Å². The molecule has 1 aromatic heterocycles. The lowest BCUT2D eigenvalue weighted by Gasteiger charge is -2.30. The van der Waals surface area contributed by atoms with Crippen LogP contribution in [0.2, 0.25) is 5.15 Å². The van der Waals surface area contributed by atoms with E-state index in [1.165, 1.54) is 5.56 Å². The van der Waals surface area contributed by atoms with E-state index in [2.05, 4.69) is 49.6 Å². The number of nitrogens with two attached hydrogens (primary N) is 4. The fraction of sp³-hybridized carbons (Fsp3) is 0.511. The van der Waals surface area contributed by atoms with Gasteiger partial charge in [0, 0.05) is 18.8 Å². The standard InChI is InChI=1S/C47H69ClN10O7.ClH/c1-2-3-4-12-25-58(28-37(60)40(62)41(63)38(61)29-59)26-13-6-5-7-14-30-18-22-33(23-19-30)54-45(64)36(49)27-32-21-20-31(34-16-8-9-17-35(32)34)15-10-11-24-53-47(52)57-46(65)39-43(50)56-44(51)42(48)55-39;/h8-9,16-23,36-38,40-41,59-63H,2-7,10-15,24-29,49H2,1H3,(H,54,64)(H4,50,51,56)(H3,52,53,57,65);1H/t36-,37-,38+,40+,41+;/m0./s1. The molecule has 15 N–H and O–H groups in total. The number of aliphatic hydroxyl groups excluding tert-OH is 5. The highest BCUT2D eigenvalue weighted by Crippen LogP contribution is 2.26. The molecule has 19 heteroatoms. The number of fused-ring (bicyclic) bond motifs is 1. The van der Waals surface area contributed by atoms with E-state index in [0.717, 1.165) is 106 Å². The first-order valence-electron chi connectivity index (χ1n) is 22.6. The number of unbranched alkanes of at least 4 members (excludes halogenated alkanes) is 7. The number of nitrogens with one attached hydrogen (secondary N) is 2. The van der Waals surface area contributed by atoms with Crippen molar-refractivity contribution < 1.29 is 35.1 Å². The quantitative estimate of drug-likeness (QED) is 0.0219. The third-order valence-corrected chi connectivity index (χ3v) is 11.7. The average molecular weight is 958 g/mol. The highest BCUT2D eigenvalue weighted by atomic mass is 35.5. The summed E-state index contributed by atoms with van der Waals surface area (Å²) in [4.78, 5) is 39.7. The number of aromatic nitrogens is 2. The minimum Gasteiger partial charge on any atom is -0.394 e. The Hall–Kier alpha value is -4.69. The van der Waals surface area contributed by atoms with Gasteiger partial charge in [0.15, 0.2) is 28.4 Å². The number of aliphatic imine (C=N–C) groups is 1. The Morgan fingerprint density at radius 2 is 1.38 bits per heavy atom. The molecule has 1 heterocycles. The molecule has 5 atom stereocenters. The SMILES string of the molecule is CCCCCCN(CCCCCCc1ccc(NC(=O)[C@@H](N)Cc2ccc(CCCCN=C(N)NC(=O)c3nc(Cl)c(N)nc3N)c3ccccc23)cc1)C[C@H](O)[C@@H](O)[C@H](O)[C@H](O)CO.Cl. The van der Waals surface area contributed by atoms with Crippen LogP contribution in [-0.2, 0) is 24.1 Å². The summed E-state index contributed by atoms with van der Waals surface area (Å²) >= 11 is 5.87. The van der Waals surface area contributed by atoms with Gasteiger partial charge in [0.05, 0.1) is 18.8 Å². The van der Waals surface area contributed by atoms with Crippen LogP contribution in [0.25, 0.3) is 10.8 Å². The van der Waals surface area contributed by atoms with Crippen molar-refractivity contribution in [2.75, 3.05) is 49.6 Å². The number of nitrogens with zero attached hydrogens (tertiary/aromatic N) is 4. The van der Waals surface area contributed by atoms with Crippen LogP contribution in [0.1, 0.15) is 98.3 Å². The topological polar surface area (TPSA) is 305 Å². The lowest BCUT2D eigenvalue weighted by molar-refractivity contribution is -0.119. The van der Waals surface area contributed by atoms with Gasteiger partial charge in [0.1, 0.15) is 18.3 Å². The first-order chi connectivity index (χ1) is 31.2. The number of amides is 2. The Morgan fingerprint density at radius 3 is 2.05 bits per heavy atom. The van der Waals surface area contributed by atoms with E-state index in [0.29, 0.717) is 25.1 Å². The monoisotopic (exact) mass is 956 g/mol. The Kier molecular flexibility index (Phi) is 24.6. The minimum absolute atomic E-state index is 0. The Morgan fingerprint density at radius 1 is 0.773 bits per heavy atom. The molecule has 66 heavy (non-hydrogen) atoms. The second-order valence-corrected chi connectivity index (χ2v) is 16.9. The van der Waals surface area contributed by atoms with Crippen LogP contribution in [0.4, 0.5) is 17.3 Å². The smallest absolute Gasteiger partial charge is 0.280 e. The predicted molar refractivity (Wildman–Crippen MR) is 265 cm³/mol. The number of hydrogen-bond acceptors (Lipinski definition) is 14. The van der Waals surface area contributed by atoms with Gasteiger partial charge < -0.3 is 58.7 Å². The number of guanidine groups is 1. The average Bonchev–Trinajstić information content (AvgIpc) is 3.29. The van der Waals surface area contributed by atoms with Crippen molar-refractivity contribution in [2.45, 2.75) is 121 Å². The molecule has 3 aromatic carbocycles. The van der Waals surface area contributed by atoms with Crippen LogP contribution in [0.5, 0.6) is 0 Å². The first kappa shape index (κ1) is 55.6. The third-order valence-electron chi connectivity index (χ3n) is 11.4. The van der Waals surface area contributed by atoms with Crippen LogP contribution in [-0.4, -0.2) is 121 Å². The summed E-state index contributed by atoms with van der Waals surface area (Å²) in [6.45, 7) is 3.50. The molecule has 0 saturated carbocycles. The highest BCUT2D eigenvalue weighted by molar-refractivity contribution is 6.31. The molecule has 0 bridgehead atoms. The second-order valence-electron chi connectivity index (χ2n) is 16.6. The predicted octanol–water partition coefficient (Wildman–Crippen LogP) is 3.87. The molecule has 0 saturated heterocycles. The van der Waals surface area contributed by atoms with Crippen molar-refractivity contribution >= 4 is 69.9 Å². The van der Waals surface area contributed by atoms with E-state index in [1.807, 2.05) is 48.5 Å². The number of carbonyl (C=O) groups excluding carboxylic acids is 2. The molecule has 4 aromatic rings. The van der Waals surface area contributed by atoms with Crippen molar-refractivity contribution in [3.8, 4) is 0 Å². The van der Waals surface area contributed by atoms with Gasteiger partial charge in [-0.25, -0.2) is 9.97 Å².